The Labute approximate surface area is 203 Å². The van der Waals surface area contributed by atoms with Gasteiger partial charge in [-0.15, -0.1) is 23.1 Å². The van der Waals surface area contributed by atoms with Crippen molar-refractivity contribution >= 4 is 40.0 Å². The zero-order valence-corrected chi connectivity index (χ0v) is 20.5. The van der Waals surface area contributed by atoms with E-state index in [-0.39, 0.29) is 11.9 Å². The number of thiophene rings is 1. The Morgan fingerprint density at radius 2 is 1.64 bits per heavy atom. The average Bonchev–Trinajstić information content (AvgIpc) is 3.14. The maximum absolute atomic E-state index is 13.6. The number of fused-ring (bicyclic) bond motifs is 1. The molecular weight excluding hydrogens is 450 g/mol. The molecule has 0 unspecified atom stereocenters. The topological polar surface area (TPSA) is 55.4 Å². The van der Waals surface area contributed by atoms with Crippen molar-refractivity contribution in [2.24, 2.45) is 0 Å². The average molecular weight is 480 g/mol. The van der Waals surface area contributed by atoms with Gasteiger partial charge in [0.25, 0.3) is 0 Å². The lowest BCUT2D eigenvalue weighted by molar-refractivity contribution is -0.115. The molecule has 33 heavy (non-hydrogen) atoms. The maximum Gasteiger partial charge on any atom is 0.341 e. The van der Waals surface area contributed by atoms with Gasteiger partial charge in [0, 0.05) is 9.77 Å². The van der Waals surface area contributed by atoms with Crippen molar-refractivity contribution in [3.05, 3.63) is 82.2 Å². The van der Waals surface area contributed by atoms with E-state index < -0.39 is 5.25 Å². The van der Waals surface area contributed by atoms with Gasteiger partial charge in [0.1, 0.15) is 10.3 Å². The molecule has 1 aliphatic rings. The standard InChI is InChI=1S/C27H29NO3S2/c1-2-31-27(30)23-21-17-11-3-4-12-18-22(21)33-26(23)28-25(29)24(19-13-7-5-8-14-19)32-20-15-9-6-10-16-20/h5-10,13-16,24H,2-4,11-12,17-18H2,1H3,(H,28,29)/t24-/m0/s1. The Kier molecular flexibility index (Phi) is 8.24. The van der Waals surface area contributed by atoms with Gasteiger partial charge in [0.05, 0.1) is 12.2 Å². The van der Waals surface area contributed by atoms with Crippen LogP contribution in [0.2, 0.25) is 0 Å². The summed E-state index contributed by atoms with van der Waals surface area (Å²) in [4.78, 5) is 28.8. The van der Waals surface area contributed by atoms with Crippen molar-refractivity contribution in [3.8, 4) is 0 Å². The molecule has 0 aliphatic heterocycles. The third kappa shape index (κ3) is 5.87. The summed E-state index contributed by atoms with van der Waals surface area (Å²) in [5.74, 6) is -0.465. The van der Waals surface area contributed by atoms with Crippen LogP contribution in [-0.4, -0.2) is 18.5 Å². The van der Waals surface area contributed by atoms with Crippen LogP contribution in [0.4, 0.5) is 5.00 Å². The number of anilines is 1. The lowest BCUT2D eigenvalue weighted by atomic mass is 9.96. The van der Waals surface area contributed by atoms with Crippen LogP contribution >= 0.6 is 23.1 Å². The van der Waals surface area contributed by atoms with Gasteiger partial charge in [0.2, 0.25) is 5.91 Å². The van der Waals surface area contributed by atoms with Crippen LogP contribution in [0.25, 0.3) is 0 Å². The van der Waals surface area contributed by atoms with Gasteiger partial charge < -0.3 is 10.1 Å². The van der Waals surface area contributed by atoms with Crippen molar-refractivity contribution in [2.75, 3.05) is 11.9 Å². The number of carbonyl (C=O) groups excluding carboxylic acids is 2. The first-order valence-electron chi connectivity index (χ1n) is 11.6. The third-order valence-corrected chi connectivity index (χ3v) is 8.20. The van der Waals surface area contributed by atoms with E-state index in [1.165, 1.54) is 29.5 Å². The van der Waals surface area contributed by atoms with Gasteiger partial charge in [-0.1, -0.05) is 61.4 Å². The Balaban J connectivity index is 1.67. The fraction of sp³-hybridized carbons (Fsp3) is 0.333. The number of nitrogens with one attached hydrogen (secondary N) is 1. The fourth-order valence-electron chi connectivity index (χ4n) is 4.14. The minimum absolute atomic E-state index is 0.130. The molecule has 3 aromatic rings. The van der Waals surface area contributed by atoms with E-state index in [1.807, 2.05) is 67.6 Å². The molecule has 1 aliphatic carbocycles. The summed E-state index contributed by atoms with van der Waals surface area (Å²) in [6, 6.07) is 19.7. The van der Waals surface area contributed by atoms with E-state index in [0.29, 0.717) is 17.2 Å². The fourth-order valence-corrected chi connectivity index (χ4v) is 6.47. The van der Waals surface area contributed by atoms with Crippen LogP contribution in [0.5, 0.6) is 0 Å². The summed E-state index contributed by atoms with van der Waals surface area (Å²) in [6.07, 6.45) is 6.35. The van der Waals surface area contributed by atoms with Gasteiger partial charge in [-0.25, -0.2) is 4.79 Å². The Bertz CT molecular complexity index is 1080. The quantitative estimate of drug-likeness (QED) is 0.291. The normalized spacial score (nSPS) is 14.5. The van der Waals surface area contributed by atoms with E-state index >= 15 is 0 Å². The number of ether oxygens (including phenoxy) is 1. The lowest BCUT2D eigenvalue weighted by Gasteiger charge is -2.17. The Hall–Kier alpha value is -2.57. The summed E-state index contributed by atoms with van der Waals surface area (Å²) in [5.41, 5.74) is 2.56. The first-order chi connectivity index (χ1) is 16.2. The molecule has 0 radical (unpaired) electrons. The number of carbonyl (C=O) groups is 2. The van der Waals surface area contributed by atoms with Crippen LogP contribution in [-0.2, 0) is 22.4 Å². The maximum atomic E-state index is 13.6. The number of benzene rings is 2. The predicted molar refractivity (Wildman–Crippen MR) is 136 cm³/mol. The van der Waals surface area contributed by atoms with Crippen LogP contribution in [0.15, 0.2) is 65.6 Å². The summed E-state index contributed by atoms with van der Waals surface area (Å²) < 4.78 is 5.40. The zero-order valence-electron chi connectivity index (χ0n) is 18.8. The molecule has 4 nitrogen and oxygen atoms in total. The summed E-state index contributed by atoms with van der Waals surface area (Å²) >= 11 is 3.06. The Morgan fingerprint density at radius 1 is 0.970 bits per heavy atom. The first-order valence-corrected chi connectivity index (χ1v) is 13.3. The molecule has 6 heteroatoms. The number of amides is 1. The second-order valence-corrected chi connectivity index (χ2v) is 10.3. The van der Waals surface area contributed by atoms with E-state index in [2.05, 4.69) is 5.32 Å². The molecule has 0 bridgehead atoms. The van der Waals surface area contributed by atoms with E-state index in [0.717, 1.165) is 41.7 Å². The molecule has 1 heterocycles. The highest BCUT2D eigenvalue weighted by atomic mass is 32.2. The molecule has 1 N–H and O–H groups in total. The molecule has 0 saturated heterocycles. The van der Waals surface area contributed by atoms with Crippen molar-refractivity contribution in [3.63, 3.8) is 0 Å². The minimum atomic E-state index is -0.437. The lowest BCUT2D eigenvalue weighted by Crippen LogP contribution is -2.20. The van der Waals surface area contributed by atoms with Crippen molar-refractivity contribution in [1.29, 1.82) is 0 Å². The second kappa shape index (κ2) is 11.5. The minimum Gasteiger partial charge on any atom is -0.462 e. The Morgan fingerprint density at radius 3 is 2.33 bits per heavy atom. The summed E-state index contributed by atoms with van der Waals surface area (Å²) in [6.45, 7) is 2.13. The third-order valence-electron chi connectivity index (χ3n) is 5.73. The molecule has 172 valence electrons. The van der Waals surface area contributed by atoms with Crippen LogP contribution in [0.1, 0.15) is 64.2 Å². The van der Waals surface area contributed by atoms with Crippen molar-refractivity contribution in [1.82, 2.24) is 0 Å². The van der Waals surface area contributed by atoms with Crippen LogP contribution in [0.3, 0.4) is 0 Å². The molecule has 0 fully saturated rings. The van der Waals surface area contributed by atoms with E-state index in [4.69, 9.17) is 4.74 Å². The van der Waals surface area contributed by atoms with Gasteiger partial charge in [0.15, 0.2) is 0 Å². The van der Waals surface area contributed by atoms with E-state index in [9.17, 15) is 9.59 Å². The second-order valence-electron chi connectivity index (χ2n) is 8.05. The van der Waals surface area contributed by atoms with Crippen molar-refractivity contribution in [2.45, 2.75) is 55.6 Å². The molecule has 1 amide bonds. The smallest absolute Gasteiger partial charge is 0.341 e. The molecule has 4 rings (SSSR count). The summed E-state index contributed by atoms with van der Waals surface area (Å²) in [7, 11) is 0. The van der Waals surface area contributed by atoms with Crippen LogP contribution < -0.4 is 5.32 Å². The molecule has 1 atom stereocenters. The number of hydrogen-bond donors (Lipinski definition) is 1. The van der Waals surface area contributed by atoms with Gasteiger partial charge in [-0.3, -0.25) is 4.79 Å². The number of rotatable bonds is 7. The molecular formula is C27H29NO3S2. The SMILES string of the molecule is CCOC(=O)c1c(NC(=O)[C@@H](Sc2ccccc2)c2ccccc2)sc2c1CCCCCC2. The molecule has 1 aromatic heterocycles. The highest BCUT2D eigenvalue weighted by molar-refractivity contribution is 8.00. The number of thioether (sulfide) groups is 1. The largest absolute Gasteiger partial charge is 0.462 e. The molecule has 0 spiro atoms. The van der Waals surface area contributed by atoms with Crippen molar-refractivity contribution < 1.29 is 14.3 Å². The molecule has 0 saturated carbocycles. The predicted octanol–water partition coefficient (Wildman–Crippen LogP) is 7.06. The van der Waals surface area contributed by atoms with Gasteiger partial charge >= 0.3 is 5.97 Å². The highest BCUT2D eigenvalue weighted by Crippen LogP contribution is 2.40. The number of esters is 1. The van der Waals surface area contributed by atoms with E-state index in [1.54, 1.807) is 11.3 Å². The molecule has 2 aromatic carbocycles. The van der Waals surface area contributed by atoms with Crippen LogP contribution in [0, 0.1) is 0 Å². The number of hydrogen-bond acceptors (Lipinski definition) is 5. The summed E-state index contributed by atoms with van der Waals surface area (Å²) in [5, 5.41) is 3.31. The van der Waals surface area contributed by atoms with Gasteiger partial charge in [-0.05, 0) is 55.9 Å². The first kappa shape index (κ1) is 23.6. The number of aryl methyl sites for hydroxylation is 1. The monoisotopic (exact) mass is 479 g/mol. The van der Waals surface area contributed by atoms with Gasteiger partial charge in [-0.2, -0.15) is 0 Å². The zero-order chi connectivity index (χ0) is 23.0. The highest BCUT2D eigenvalue weighted by Gasteiger charge is 2.29.